The minimum absolute atomic E-state index is 0.0264. The first-order chi connectivity index (χ1) is 28.9. The van der Waals surface area contributed by atoms with Gasteiger partial charge in [-0.15, -0.1) is 0 Å². The molecule has 0 saturated carbocycles. The molecule has 5 atom stereocenters. The van der Waals surface area contributed by atoms with E-state index in [1.54, 1.807) is 19.1 Å². The highest BCUT2D eigenvalue weighted by Crippen LogP contribution is 2.30. The van der Waals surface area contributed by atoms with E-state index >= 15 is 0 Å². The van der Waals surface area contributed by atoms with Gasteiger partial charge in [-0.05, 0) is 75.6 Å². The minimum atomic E-state index is -1.38. The van der Waals surface area contributed by atoms with E-state index in [1.807, 2.05) is 6.07 Å². The molecule has 18 nitrogen and oxygen atoms in total. The standard InChI is InChI=1S/C43H62N6O12/c1-8-35(51)46-25-30-40(56)47-27(3)32(50)23-26(2)39(55)45-21-20-44-36(52)17-15-29(14-12-28-13-16-33(59-6)34(24-28)60-7)61-42(58)31-11-9-10-22-49(31)41(57)38(54)43(4,5)19-18-37(53)48-30/h8,13,16,24,26-27,29-31H,1,9-12,14-15,17-23,25H2,2-7H3,(H,44,52)(H,45,55)(H,46,51)(H,47,56)(H,48,53)/t26-,27+,29-,30+,31+/m1/s1. The summed E-state index contributed by atoms with van der Waals surface area (Å²) in [5, 5.41) is 12.9. The van der Waals surface area contributed by atoms with E-state index in [-0.39, 0.29) is 70.6 Å². The summed E-state index contributed by atoms with van der Waals surface area (Å²) in [6, 6.07) is 1.95. The Balaban J connectivity index is 1.88. The topological polar surface area (TPSA) is 245 Å². The normalized spacial score (nSPS) is 24.7. The molecule has 2 heterocycles. The van der Waals surface area contributed by atoms with Crippen molar-refractivity contribution >= 4 is 53.0 Å². The third-order valence-corrected chi connectivity index (χ3v) is 10.9. The van der Waals surface area contributed by atoms with E-state index in [9.17, 15) is 43.2 Å². The largest absolute Gasteiger partial charge is 0.493 e. The smallest absolute Gasteiger partial charge is 0.329 e. The number of ether oxygens (including phenoxy) is 3. The molecule has 3 rings (SSSR count). The van der Waals surface area contributed by atoms with E-state index in [0.717, 1.165) is 11.6 Å². The number of ketones is 2. The predicted molar refractivity (Wildman–Crippen MR) is 222 cm³/mol. The lowest BCUT2D eigenvalue weighted by molar-refractivity contribution is -0.164. The van der Waals surface area contributed by atoms with Gasteiger partial charge in [-0.25, -0.2) is 4.79 Å². The fraction of sp³-hybridized carbons (Fsp3) is 0.605. The lowest BCUT2D eigenvalue weighted by atomic mass is 9.82. The summed E-state index contributed by atoms with van der Waals surface area (Å²) in [5.41, 5.74) is -0.516. The number of rotatable bonds is 8. The molecular weight excluding hydrogens is 793 g/mol. The highest BCUT2D eigenvalue weighted by molar-refractivity contribution is 6.38. The molecule has 18 heteroatoms. The van der Waals surface area contributed by atoms with Gasteiger partial charge in [0.25, 0.3) is 5.91 Å². The Kier molecular flexibility index (Phi) is 19.4. The number of amides is 6. The summed E-state index contributed by atoms with van der Waals surface area (Å²) in [4.78, 5) is 120. The molecular formula is C43H62N6O12. The number of nitrogens with one attached hydrogen (secondary N) is 5. The zero-order valence-corrected chi connectivity index (χ0v) is 36.1. The Labute approximate surface area is 357 Å². The lowest BCUT2D eigenvalue weighted by Gasteiger charge is -2.36. The number of piperidine rings is 1. The first kappa shape index (κ1) is 49.6. The van der Waals surface area contributed by atoms with Gasteiger partial charge in [0.1, 0.15) is 18.2 Å². The number of aryl methyl sites for hydroxylation is 1. The molecule has 0 radical (unpaired) electrons. The Bertz CT molecular complexity index is 1800. The van der Waals surface area contributed by atoms with Gasteiger partial charge >= 0.3 is 5.97 Å². The van der Waals surface area contributed by atoms with Gasteiger partial charge in [-0.2, -0.15) is 0 Å². The van der Waals surface area contributed by atoms with Crippen LogP contribution in [0.5, 0.6) is 11.5 Å². The molecule has 2 fully saturated rings. The summed E-state index contributed by atoms with van der Waals surface area (Å²) < 4.78 is 16.8. The third-order valence-electron chi connectivity index (χ3n) is 10.9. The van der Waals surface area contributed by atoms with Crippen LogP contribution in [0.3, 0.4) is 0 Å². The maximum absolute atomic E-state index is 13.9. The minimum Gasteiger partial charge on any atom is -0.493 e. The quantitative estimate of drug-likeness (QED) is 0.141. The van der Waals surface area contributed by atoms with Gasteiger partial charge in [0.05, 0.1) is 20.3 Å². The van der Waals surface area contributed by atoms with Gasteiger partial charge in [-0.1, -0.05) is 33.4 Å². The number of nitrogens with zero attached hydrogens (tertiary/aromatic N) is 1. The predicted octanol–water partition coefficient (Wildman–Crippen LogP) is 1.22. The fourth-order valence-electron chi connectivity index (χ4n) is 6.91. The van der Waals surface area contributed by atoms with E-state index in [4.69, 9.17) is 14.2 Å². The number of benzene rings is 1. The second-order valence-corrected chi connectivity index (χ2v) is 16.1. The van der Waals surface area contributed by atoms with Crippen LogP contribution in [0.4, 0.5) is 0 Å². The fourth-order valence-corrected chi connectivity index (χ4v) is 6.91. The van der Waals surface area contributed by atoms with Crippen LogP contribution in [0.15, 0.2) is 30.9 Å². The Hall–Kier alpha value is -5.81. The average molecular weight is 855 g/mol. The van der Waals surface area contributed by atoms with Crippen LogP contribution in [0.25, 0.3) is 0 Å². The van der Waals surface area contributed by atoms with Gasteiger partial charge in [0.15, 0.2) is 17.3 Å². The Morgan fingerprint density at radius 3 is 2.31 bits per heavy atom. The summed E-state index contributed by atoms with van der Waals surface area (Å²) in [7, 11) is 3.04. The monoisotopic (exact) mass is 854 g/mol. The van der Waals surface area contributed by atoms with Crippen LogP contribution >= 0.6 is 0 Å². The van der Waals surface area contributed by atoms with Crippen molar-refractivity contribution in [2.45, 2.75) is 116 Å². The van der Waals surface area contributed by atoms with Crippen molar-refractivity contribution in [2.24, 2.45) is 11.3 Å². The zero-order chi connectivity index (χ0) is 45.3. The van der Waals surface area contributed by atoms with E-state index < -0.39 is 82.6 Å². The number of methoxy groups -OCH3 is 2. The molecule has 0 bridgehead atoms. The van der Waals surface area contributed by atoms with Crippen LogP contribution in [0.2, 0.25) is 0 Å². The summed E-state index contributed by atoms with van der Waals surface area (Å²) in [5.74, 6) is -5.50. The molecule has 0 aliphatic carbocycles. The highest BCUT2D eigenvalue weighted by Gasteiger charge is 2.42. The van der Waals surface area contributed by atoms with Crippen molar-refractivity contribution in [2.75, 3.05) is 40.4 Å². The highest BCUT2D eigenvalue weighted by atomic mass is 16.5. The van der Waals surface area contributed by atoms with E-state index in [0.29, 0.717) is 37.2 Å². The number of hydrogen-bond donors (Lipinski definition) is 5. The summed E-state index contributed by atoms with van der Waals surface area (Å²) >= 11 is 0. The van der Waals surface area contributed by atoms with Crippen LogP contribution < -0.4 is 36.1 Å². The molecule has 2 aliphatic rings. The van der Waals surface area contributed by atoms with Crippen molar-refractivity contribution in [3.63, 3.8) is 0 Å². The van der Waals surface area contributed by atoms with Crippen LogP contribution in [-0.2, 0) is 54.3 Å². The van der Waals surface area contributed by atoms with Gasteiger partial charge in [0.2, 0.25) is 35.3 Å². The second kappa shape index (κ2) is 23.8. The summed E-state index contributed by atoms with van der Waals surface area (Å²) in [6.45, 7) is 9.27. The average Bonchev–Trinajstić information content (AvgIpc) is 3.25. The van der Waals surface area contributed by atoms with E-state index in [2.05, 4.69) is 33.2 Å². The first-order valence-corrected chi connectivity index (χ1v) is 20.7. The molecule has 336 valence electrons. The molecule has 2 saturated heterocycles. The maximum Gasteiger partial charge on any atom is 0.329 e. The number of carbonyl (C=O) groups excluding carboxylic acids is 9. The lowest BCUT2D eigenvalue weighted by Crippen LogP contribution is -2.55. The van der Waals surface area contributed by atoms with Crippen molar-refractivity contribution < 1.29 is 57.4 Å². The van der Waals surface area contributed by atoms with Crippen molar-refractivity contribution in [3.8, 4) is 11.5 Å². The SMILES string of the molecule is C=CC(=O)NC[C@@H]1NC(=O)CCC(C)(C)C(=O)C(=O)N2CCCC[C@H]2C(=O)O[C@H](CCc2ccc(OC)c(OC)c2)CCC(=O)NCCNC(=O)[C@H](C)CC(=O)[C@H](C)NC1=O. The van der Waals surface area contributed by atoms with Crippen molar-refractivity contribution in [3.05, 3.63) is 36.4 Å². The molecule has 1 aromatic carbocycles. The molecule has 0 unspecified atom stereocenters. The molecule has 0 spiro atoms. The summed E-state index contributed by atoms with van der Waals surface area (Å²) in [6.07, 6.45) is 1.85. The Morgan fingerprint density at radius 2 is 1.62 bits per heavy atom. The Morgan fingerprint density at radius 1 is 0.918 bits per heavy atom. The first-order valence-electron chi connectivity index (χ1n) is 20.7. The second-order valence-electron chi connectivity index (χ2n) is 16.1. The maximum atomic E-state index is 13.9. The van der Waals surface area contributed by atoms with Gasteiger partial charge in [-0.3, -0.25) is 38.4 Å². The number of Topliss-reactive ketones (excluding diaryl/α,β-unsaturated/α-hetero) is 2. The third kappa shape index (κ3) is 15.3. The number of hydrogen-bond acceptors (Lipinski definition) is 12. The van der Waals surface area contributed by atoms with E-state index in [1.165, 1.54) is 39.9 Å². The molecule has 1 aromatic rings. The molecule has 2 aliphatic heterocycles. The molecule has 61 heavy (non-hydrogen) atoms. The number of esters is 1. The van der Waals surface area contributed by atoms with Gasteiger partial charge in [0, 0.05) is 56.8 Å². The molecule has 0 aromatic heterocycles. The van der Waals surface area contributed by atoms with Crippen molar-refractivity contribution in [1.82, 2.24) is 31.5 Å². The van der Waals surface area contributed by atoms with Crippen molar-refractivity contribution in [1.29, 1.82) is 0 Å². The van der Waals surface area contributed by atoms with Gasteiger partial charge < -0.3 is 45.7 Å². The molecule has 5 N–H and O–H groups in total. The van der Waals surface area contributed by atoms with Crippen LogP contribution in [0, 0.1) is 11.3 Å². The van der Waals surface area contributed by atoms with Crippen LogP contribution in [-0.4, -0.2) is 123 Å². The number of carbonyl (C=O) groups is 9. The van der Waals surface area contributed by atoms with Crippen LogP contribution in [0.1, 0.15) is 91.0 Å². The zero-order valence-electron chi connectivity index (χ0n) is 36.1. The number of fused-ring (bicyclic) bond motifs is 1. The number of cyclic esters (lactones) is 1. The molecule has 6 amide bonds.